The first kappa shape index (κ1) is 9.05. The minimum Gasteiger partial charge on any atom is -0.103 e. The van der Waals surface area contributed by atoms with E-state index >= 15 is 0 Å². The molecule has 0 radical (unpaired) electrons. The first-order valence-corrected chi connectivity index (χ1v) is 8.02. The van der Waals surface area contributed by atoms with Gasteiger partial charge in [0.05, 0.1) is 0 Å². The molecule has 1 aliphatic rings. The Morgan fingerprint density at radius 3 is 1.82 bits per heavy atom. The summed E-state index contributed by atoms with van der Waals surface area (Å²) >= 11 is 0. The third kappa shape index (κ3) is 1.31. The predicted molar refractivity (Wildman–Crippen MR) is 54.6 cm³/mol. The topological polar surface area (TPSA) is 0 Å². The molecular weight excluding hydrogens is 148 g/mol. The van der Waals surface area contributed by atoms with Gasteiger partial charge < -0.3 is 0 Å². The Morgan fingerprint density at radius 1 is 1.27 bits per heavy atom. The minimum atomic E-state index is -0.914. The molecule has 0 bridgehead atoms. The van der Waals surface area contributed by atoms with Gasteiger partial charge in [0.2, 0.25) is 0 Å². The van der Waals surface area contributed by atoms with Crippen LogP contribution in [0.1, 0.15) is 13.8 Å². The van der Waals surface area contributed by atoms with Crippen LogP contribution in [0, 0.1) is 11.3 Å². The van der Waals surface area contributed by atoms with Crippen LogP contribution in [0.15, 0.2) is 12.7 Å². The van der Waals surface area contributed by atoms with Gasteiger partial charge in [0.25, 0.3) is 0 Å². The molecule has 0 saturated heterocycles. The predicted octanol–water partition coefficient (Wildman–Crippen LogP) is 3.54. The minimum absolute atomic E-state index is 0.562. The van der Waals surface area contributed by atoms with Crippen LogP contribution in [0.3, 0.4) is 0 Å². The van der Waals surface area contributed by atoms with Gasteiger partial charge in [-0.3, -0.25) is 0 Å². The largest absolute Gasteiger partial charge is 0.103 e. The molecule has 1 aliphatic carbocycles. The zero-order chi connectivity index (χ0) is 8.86. The van der Waals surface area contributed by atoms with E-state index in [0.717, 1.165) is 11.5 Å². The highest BCUT2D eigenvalue weighted by atomic mass is 28.3. The van der Waals surface area contributed by atoms with E-state index in [1.54, 1.807) is 0 Å². The fourth-order valence-corrected chi connectivity index (χ4v) is 6.74. The molecule has 2 atom stereocenters. The molecule has 0 aromatic rings. The van der Waals surface area contributed by atoms with Crippen molar-refractivity contribution in [2.24, 2.45) is 11.3 Å². The zero-order valence-corrected chi connectivity index (χ0v) is 9.44. The van der Waals surface area contributed by atoms with Crippen LogP contribution in [0.2, 0.25) is 25.2 Å². The molecule has 0 amide bonds. The smallest absolute Gasteiger partial charge is 0.0486 e. The van der Waals surface area contributed by atoms with Gasteiger partial charge in [-0.25, -0.2) is 0 Å². The Balaban J connectivity index is 2.74. The van der Waals surface area contributed by atoms with Crippen LogP contribution in [-0.2, 0) is 0 Å². The van der Waals surface area contributed by atoms with Gasteiger partial charge in [0.1, 0.15) is 0 Å². The second kappa shape index (κ2) is 2.22. The van der Waals surface area contributed by atoms with Crippen molar-refractivity contribution in [3.8, 4) is 0 Å². The van der Waals surface area contributed by atoms with Gasteiger partial charge in [-0.1, -0.05) is 39.6 Å². The molecule has 1 heteroatoms. The Hall–Kier alpha value is -0.0431. The van der Waals surface area contributed by atoms with Gasteiger partial charge >= 0.3 is 0 Å². The third-order valence-corrected chi connectivity index (χ3v) is 6.07. The van der Waals surface area contributed by atoms with Crippen molar-refractivity contribution in [3.63, 3.8) is 0 Å². The van der Waals surface area contributed by atoms with E-state index in [1.807, 2.05) is 0 Å². The lowest BCUT2D eigenvalue weighted by Crippen LogP contribution is -2.22. The van der Waals surface area contributed by atoms with E-state index in [1.165, 1.54) is 0 Å². The molecule has 0 unspecified atom stereocenters. The molecule has 1 rings (SSSR count). The average Bonchev–Trinajstić information content (AvgIpc) is 2.31. The molecule has 0 N–H and O–H groups in total. The molecule has 0 nitrogen and oxygen atoms in total. The molecule has 0 aliphatic heterocycles. The van der Waals surface area contributed by atoms with E-state index in [9.17, 15) is 0 Å². The van der Waals surface area contributed by atoms with Crippen molar-refractivity contribution < 1.29 is 0 Å². The maximum absolute atomic E-state index is 3.90. The van der Waals surface area contributed by atoms with Crippen LogP contribution in [0.4, 0.5) is 0 Å². The highest BCUT2D eigenvalue weighted by Crippen LogP contribution is 2.67. The summed E-state index contributed by atoms with van der Waals surface area (Å²) in [5.41, 5.74) is 1.53. The summed E-state index contributed by atoms with van der Waals surface area (Å²) < 4.78 is 0. The maximum atomic E-state index is 3.90. The van der Waals surface area contributed by atoms with E-state index in [4.69, 9.17) is 0 Å². The van der Waals surface area contributed by atoms with Crippen LogP contribution >= 0.6 is 0 Å². The van der Waals surface area contributed by atoms with Crippen molar-refractivity contribution in [2.45, 2.75) is 39.0 Å². The quantitative estimate of drug-likeness (QED) is 0.437. The molecular formula is C10H20Si. The van der Waals surface area contributed by atoms with Crippen LogP contribution in [0.5, 0.6) is 0 Å². The van der Waals surface area contributed by atoms with Crippen molar-refractivity contribution in [3.05, 3.63) is 12.7 Å². The molecule has 1 saturated carbocycles. The van der Waals surface area contributed by atoms with Crippen molar-refractivity contribution in [2.75, 3.05) is 0 Å². The highest BCUT2D eigenvalue weighted by molar-refractivity contribution is 6.78. The summed E-state index contributed by atoms with van der Waals surface area (Å²) in [5, 5.41) is 0. The van der Waals surface area contributed by atoms with Crippen LogP contribution in [0.25, 0.3) is 0 Å². The Morgan fingerprint density at radius 2 is 1.73 bits per heavy atom. The number of hydrogen-bond acceptors (Lipinski definition) is 0. The highest BCUT2D eigenvalue weighted by Gasteiger charge is 2.60. The lowest BCUT2D eigenvalue weighted by molar-refractivity contribution is 0.607. The summed E-state index contributed by atoms with van der Waals surface area (Å²) in [6.45, 7) is 16.0. The molecule has 0 spiro atoms. The van der Waals surface area contributed by atoms with E-state index < -0.39 is 8.07 Å². The van der Waals surface area contributed by atoms with Crippen molar-refractivity contribution in [1.82, 2.24) is 0 Å². The normalized spacial score (nSPS) is 35.0. The number of rotatable bonds is 2. The SMILES string of the molecule is C=C[C@H]1[C@@H]([Si](C)(C)C)C1(C)C. The molecule has 11 heavy (non-hydrogen) atoms. The fourth-order valence-electron chi connectivity index (χ4n) is 2.77. The average molecular weight is 168 g/mol. The van der Waals surface area contributed by atoms with Crippen molar-refractivity contribution in [1.29, 1.82) is 0 Å². The monoisotopic (exact) mass is 168 g/mol. The van der Waals surface area contributed by atoms with E-state index in [-0.39, 0.29) is 0 Å². The summed E-state index contributed by atoms with van der Waals surface area (Å²) in [6, 6.07) is 0. The molecule has 0 heterocycles. The second-order valence-electron chi connectivity index (χ2n) is 5.43. The summed E-state index contributed by atoms with van der Waals surface area (Å²) in [5.74, 6) is 0.800. The van der Waals surface area contributed by atoms with Crippen LogP contribution in [-0.4, -0.2) is 8.07 Å². The lowest BCUT2D eigenvalue weighted by atomic mass is 10.1. The Bertz CT molecular complexity index is 174. The molecule has 1 fully saturated rings. The Kier molecular flexibility index (Phi) is 1.83. The first-order valence-electron chi connectivity index (χ1n) is 4.44. The third-order valence-electron chi connectivity index (χ3n) is 3.10. The summed E-state index contributed by atoms with van der Waals surface area (Å²) in [6.07, 6.45) is 2.16. The van der Waals surface area contributed by atoms with E-state index in [0.29, 0.717) is 5.41 Å². The summed E-state index contributed by atoms with van der Waals surface area (Å²) in [7, 11) is -0.914. The van der Waals surface area contributed by atoms with Gasteiger partial charge in [-0.05, 0) is 16.9 Å². The zero-order valence-electron chi connectivity index (χ0n) is 8.44. The standard InChI is InChI=1S/C10H20Si/c1-7-8-9(10(8,2)3)11(4,5)6/h7-9H,1H2,2-6H3/t8-,9+/m0/s1. The van der Waals surface area contributed by atoms with Gasteiger partial charge in [0.15, 0.2) is 0 Å². The van der Waals surface area contributed by atoms with Crippen molar-refractivity contribution >= 4 is 8.07 Å². The van der Waals surface area contributed by atoms with Crippen LogP contribution < -0.4 is 0 Å². The van der Waals surface area contributed by atoms with Gasteiger partial charge in [-0.15, -0.1) is 6.58 Å². The number of hydrogen-bond donors (Lipinski definition) is 0. The summed E-state index contributed by atoms with van der Waals surface area (Å²) in [4.78, 5) is 0. The molecule has 0 aromatic heterocycles. The second-order valence-corrected chi connectivity index (χ2v) is 10.8. The lowest BCUT2D eigenvalue weighted by Gasteiger charge is -2.17. The van der Waals surface area contributed by atoms with Gasteiger partial charge in [-0.2, -0.15) is 0 Å². The first-order chi connectivity index (χ1) is 4.81. The Labute approximate surface area is 71.7 Å². The van der Waals surface area contributed by atoms with E-state index in [2.05, 4.69) is 46.1 Å². The maximum Gasteiger partial charge on any atom is 0.0486 e. The van der Waals surface area contributed by atoms with Gasteiger partial charge in [0, 0.05) is 8.07 Å². The fraction of sp³-hybridized carbons (Fsp3) is 0.800. The molecule has 64 valence electrons. The number of allylic oxidation sites excluding steroid dienone is 1. The molecule has 0 aromatic carbocycles.